The first kappa shape index (κ1) is 19.4. The number of nitrogens with zero attached hydrogens (tertiary/aromatic N) is 2. The minimum absolute atomic E-state index is 0.291. The van der Waals surface area contributed by atoms with E-state index in [4.69, 9.17) is 16.3 Å². The summed E-state index contributed by atoms with van der Waals surface area (Å²) in [5.74, 6) is 1.22. The van der Waals surface area contributed by atoms with Gasteiger partial charge in [-0.3, -0.25) is 0 Å². The van der Waals surface area contributed by atoms with Gasteiger partial charge in [0.05, 0.1) is 0 Å². The summed E-state index contributed by atoms with van der Waals surface area (Å²) in [5.41, 5.74) is 1.59. The number of rotatable bonds is 8. The molecule has 0 fully saturated rings. The van der Waals surface area contributed by atoms with Crippen LogP contribution in [0.3, 0.4) is 0 Å². The van der Waals surface area contributed by atoms with Gasteiger partial charge < -0.3 is 20.7 Å². The molecule has 0 radical (unpaired) electrons. The van der Waals surface area contributed by atoms with Crippen molar-refractivity contribution in [3.63, 3.8) is 0 Å². The summed E-state index contributed by atoms with van der Waals surface area (Å²) in [6, 6.07) is 16.1. The lowest BCUT2D eigenvalue weighted by Crippen LogP contribution is -2.32. The number of hydrogen-bond donors (Lipinski definition) is 3. The third-order valence-electron chi connectivity index (χ3n) is 3.72. The standard InChI is InChI=1S/C20H20ClN5O2/c21-18-5-2-1-4-15(18)14-28-17-8-6-16(7-9-17)26-20(27)25-13-12-24-19-22-10-3-11-23-19/h1-11H,12-14H2,(H,22,23,24)(H2,25,26,27). The monoisotopic (exact) mass is 397 g/mol. The van der Waals surface area contributed by atoms with Crippen LogP contribution in [0.2, 0.25) is 5.02 Å². The van der Waals surface area contributed by atoms with E-state index >= 15 is 0 Å². The maximum Gasteiger partial charge on any atom is 0.319 e. The molecule has 2 aromatic carbocycles. The summed E-state index contributed by atoms with van der Waals surface area (Å²) < 4.78 is 5.72. The number of carbonyl (C=O) groups is 1. The van der Waals surface area contributed by atoms with Crippen LogP contribution in [0, 0.1) is 0 Å². The molecule has 1 aromatic heterocycles. The molecular weight excluding hydrogens is 378 g/mol. The Hall–Kier alpha value is -3.32. The van der Waals surface area contributed by atoms with Crippen LogP contribution in [-0.2, 0) is 6.61 Å². The molecule has 0 bridgehead atoms. The van der Waals surface area contributed by atoms with Crippen LogP contribution >= 0.6 is 11.6 Å². The molecule has 8 heteroatoms. The van der Waals surface area contributed by atoms with E-state index in [0.717, 1.165) is 5.56 Å². The van der Waals surface area contributed by atoms with Crippen LogP contribution in [0.1, 0.15) is 5.56 Å². The van der Waals surface area contributed by atoms with Gasteiger partial charge in [-0.2, -0.15) is 0 Å². The van der Waals surface area contributed by atoms with Crippen molar-refractivity contribution in [2.24, 2.45) is 0 Å². The van der Waals surface area contributed by atoms with E-state index in [2.05, 4.69) is 25.9 Å². The predicted octanol–water partition coefficient (Wildman–Crippen LogP) is 3.94. The van der Waals surface area contributed by atoms with Gasteiger partial charge in [-0.15, -0.1) is 0 Å². The minimum Gasteiger partial charge on any atom is -0.489 e. The van der Waals surface area contributed by atoms with Crippen molar-refractivity contribution in [2.75, 3.05) is 23.7 Å². The number of amides is 2. The molecule has 3 rings (SSSR count). The first-order valence-corrected chi connectivity index (χ1v) is 9.10. The average molecular weight is 398 g/mol. The van der Waals surface area contributed by atoms with Gasteiger partial charge in [0.15, 0.2) is 0 Å². The number of urea groups is 1. The Morgan fingerprint density at radius 1 is 0.964 bits per heavy atom. The molecule has 0 spiro atoms. The average Bonchev–Trinajstić information content (AvgIpc) is 2.72. The lowest BCUT2D eigenvalue weighted by Gasteiger charge is -2.10. The van der Waals surface area contributed by atoms with Crippen molar-refractivity contribution in [3.8, 4) is 5.75 Å². The van der Waals surface area contributed by atoms with E-state index in [1.807, 2.05) is 24.3 Å². The predicted molar refractivity (Wildman–Crippen MR) is 110 cm³/mol. The van der Waals surface area contributed by atoms with Crippen LogP contribution in [0.4, 0.5) is 16.4 Å². The minimum atomic E-state index is -0.291. The quantitative estimate of drug-likeness (QED) is 0.501. The highest BCUT2D eigenvalue weighted by molar-refractivity contribution is 6.31. The van der Waals surface area contributed by atoms with Crippen LogP contribution in [0.5, 0.6) is 5.75 Å². The fraction of sp³-hybridized carbons (Fsp3) is 0.150. The van der Waals surface area contributed by atoms with Crippen molar-refractivity contribution < 1.29 is 9.53 Å². The zero-order chi connectivity index (χ0) is 19.6. The Balaban J connectivity index is 1.38. The Kier molecular flexibility index (Phi) is 7.03. The molecule has 0 atom stereocenters. The second-order valence-corrected chi connectivity index (χ2v) is 6.19. The van der Waals surface area contributed by atoms with E-state index < -0.39 is 0 Å². The number of benzene rings is 2. The summed E-state index contributed by atoms with van der Waals surface area (Å²) in [6.07, 6.45) is 3.30. The van der Waals surface area contributed by atoms with Crippen molar-refractivity contribution in [1.82, 2.24) is 15.3 Å². The van der Waals surface area contributed by atoms with Crippen LogP contribution in [-0.4, -0.2) is 29.1 Å². The van der Waals surface area contributed by atoms with Gasteiger partial charge in [-0.25, -0.2) is 14.8 Å². The molecule has 144 valence electrons. The number of nitrogens with one attached hydrogen (secondary N) is 3. The number of aromatic nitrogens is 2. The van der Waals surface area contributed by atoms with Crippen molar-refractivity contribution >= 4 is 29.3 Å². The fourth-order valence-electron chi connectivity index (χ4n) is 2.33. The van der Waals surface area contributed by atoms with E-state index in [-0.39, 0.29) is 6.03 Å². The summed E-state index contributed by atoms with van der Waals surface area (Å²) in [7, 11) is 0. The van der Waals surface area contributed by atoms with E-state index in [0.29, 0.717) is 42.1 Å². The van der Waals surface area contributed by atoms with Crippen LogP contribution in [0.25, 0.3) is 0 Å². The molecule has 1 heterocycles. The molecule has 7 nitrogen and oxygen atoms in total. The lowest BCUT2D eigenvalue weighted by molar-refractivity contribution is 0.252. The first-order valence-electron chi connectivity index (χ1n) is 8.73. The lowest BCUT2D eigenvalue weighted by atomic mass is 10.2. The summed E-state index contributed by atoms with van der Waals surface area (Å²) in [4.78, 5) is 20.0. The van der Waals surface area contributed by atoms with Crippen LogP contribution in [0.15, 0.2) is 67.0 Å². The highest BCUT2D eigenvalue weighted by Crippen LogP contribution is 2.20. The third kappa shape index (κ3) is 6.14. The number of anilines is 2. The second kappa shape index (κ2) is 10.1. The molecule has 0 saturated carbocycles. The van der Waals surface area contributed by atoms with Crippen molar-refractivity contribution in [2.45, 2.75) is 6.61 Å². The highest BCUT2D eigenvalue weighted by atomic mass is 35.5. The van der Waals surface area contributed by atoms with Gasteiger partial charge >= 0.3 is 6.03 Å². The molecular formula is C20H20ClN5O2. The number of carbonyl (C=O) groups excluding carboxylic acids is 1. The van der Waals surface area contributed by atoms with Gasteiger partial charge in [0.1, 0.15) is 12.4 Å². The first-order chi connectivity index (χ1) is 13.7. The molecule has 3 aromatic rings. The van der Waals surface area contributed by atoms with E-state index in [1.165, 1.54) is 0 Å². The fourth-order valence-corrected chi connectivity index (χ4v) is 2.52. The Labute approximate surface area is 168 Å². The zero-order valence-corrected chi connectivity index (χ0v) is 15.8. The largest absolute Gasteiger partial charge is 0.489 e. The van der Waals surface area contributed by atoms with E-state index in [1.54, 1.807) is 42.7 Å². The van der Waals surface area contributed by atoms with Gasteiger partial charge in [0, 0.05) is 41.8 Å². The van der Waals surface area contributed by atoms with E-state index in [9.17, 15) is 4.79 Å². The van der Waals surface area contributed by atoms with Gasteiger partial charge in [0.25, 0.3) is 0 Å². The zero-order valence-electron chi connectivity index (χ0n) is 15.1. The summed E-state index contributed by atoms with van der Waals surface area (Å²) >= 11 is 6.11. The maximum atomic E-state index is 11.9. The SMILES string of the molecule is O=C(NCCNc1ncccn1)Nc1ccc(OCc2ccccc2Cl)cc1. The number of hydrogen-bond acceptors (Lipinski definition) is 5. The third-order valence-corrected chi connectivity index (χ3v) is 4.09. The summed E-state index contributed by atoms with van der Waals surface area (Å²) in [6.45, 7) is 1.33. The Morgan fingerprint density at radius 2 is 1.71 bits per heavy atom. The number of ether oxygens (including phenoxy) is 1. The molecule has 0 aliphatic carbocycles. The topological polar surface area (TPSA) is 88.2 Å². The highest BCUT2D eigenvalue weighted by Gasteiger charge is 2.03. The Morgan fingerprint density at radius 3 is 2.46 bits per heavy atom. The maximum absolute atomic E-state index is 11.9. The van der Waals surface area contributed by atoms with Gasteiger partial charge in [0.2, 0.25) is 5.95 Å². The molecule has 0 aliphatic heterocycles. The molecule has 28 heavy (non-hydrogen) atoms. The second-order valence-electron chi connectivity index (χ2n) is 5.78. The van der Waals surface area contributed by atoms with Crippen LogP contribution < -0.4 is 20.7 Å². The smallest absolute Gasteiger partial charge is 0.319 e. The molecule has 0 aliphatic rings. The van der Waals surface area contributed by atoms with Gasteiger partial charge in [-0.1, -0.05) is 29.8 Å². The number of halogens is 1. The molecule has 0 saturated heterocycles. The Bertz CT molecular complexity index is 891. The normalized spacial score (nSPS) is 10.2. The molecule has 3 N–H and O–H groups in total. The molecule has 0 unspecified atom stereocenters. The van der Waals surface area contributed by atoms with Crippen molar-refractivity contribution in [1.29, 1.82) is 0 Å². The molecule has 2 amide bonds. The van der Waals surface area contributed by atoms with Gasteiger partial charge in [-0.05, 0) is 36.4 Å². The summed E-state index contributed by atoms with van der Waals surface area (Å²) in [5, 5.41) is 9.20. The van der Waals surface area contributed by atoms with Crippen molar-refractivity contribution in [3.05, 3.63) is 77.6 Å².